The van der Waals surface area contributed by atoms with Gasteiger partial charge in [0.1, 0.15) is 5.03 Å². The van der Waals surface area contributed by atoms with Gasteiger partial charge in [-0.1, -0.05) is 48.9 Å². The molecule has 0 unspecified atom stereocenters. The molecular formula is C17H20N2O2S. The second-order valence-electron chi connectivity index (χ2n) is 5.82. The number of nitrogens with one attached hydrogen (secondary N) is 1. The maximum Gasteiger partial charge on any atom is 0.230 e. The molecule has 0 bridgehead atoms. The molecule has 1 saturated carbocycles. The van der Waals surface area contributed by atoms with Crippen LogP contribution in [0.4, 0.5) is 0 Å². The zero-order valence-corrected chi connectivity index (χ0v) is 13.2. The third-order valence-corrected chi connectivity index (χ3v) is 5.25. The molecule has 1 heterocycles. The number of rotatable bonds is 5. The molecule has 1 aliphatic carbocycles. The fourth-order valence-electron chi connectivity index (χ4n) is 3.05. The van der Waals surface area contributed by atoms with Crippen LogP contribution in [-0.4, -0.2) is 33.9 Å². The van der Waals surface area contributed by atoms with Crippen molar-refractivity contribution in [1.29, 1.82) is 0 Å². The van der Waals surface area contributed by atoms with Crippen LogP contribution in [0.2, 0.25) is 0 Å². The first-order valence-electron chi connectivity index (χ1n) is 7.61. The van der Waals surface area contributed by atoms with Gasteiger partial charge in [0.25, 0.3) is 0 Å². The standard InChI is InChI=1S/C17H20N2O2S/c20-12-17(8-3-4-9-17)19-15(21)11-22-16-14-6-2-1-5-13(14)7-10-18-16/h1-2,5-7,10,20H,3-4,8-9,11-12H2,(H,19,21). The van der Waals surface area contributed by atoms with Gasteiger partial charge in [0.05, 0.1) is 17.9 Å². The van der Waals surface area contributed by atoms with E-state index in [1.807, 2.05) is 30.3 Å². The van der Waals surface area contributed by atoms with Crippen molar-refractivity contribution >= 4 is 28.4 Å². The predicted octanol–water partition coefficient (Wildman–Crippen LogP) is 2.75. The molecule has 0 atom stereocenters. The summed E-state index contributed by atoms with van der Waals surface area (Å²) < 4.78 is 0. The van der Waals surface area contributed by atoms with Crippen molar-refractivity contribution in [3.05, 3.63) is 36.5 Å². The van der Waals surface area contributed by atoms with Gasteiger partial charge in [0, 0.05) is 11.6 Å². The maximum atomic E-state index is 12.2. The normalized spacial score (nSPS) is 16.8. The first-order valence-corrected chi connectivity index (χ1v) is 8.59. The topological polar surface area (TPSA) is 62.2 Å². The number of thioether (sulfide) groups is 1. The highest BCUT2D eigenvalue weighted by atomic mass is 32.2. The first kappa shape index (κ1) is 15.3. The van der Waals surface area contributed by atoms with Gasteiger partial charge >= 0.3 is 0 Å². The Hall–Kier alpha value is -1.59. The van der Waals surface area contributed by atoms with Crippen molar-refractivity contribution in [2.45, 2.75) is 36.2 Å². The Morgan fingerprint density at radius 1 is 1.27 bits per heavy atom. The molecule has 22 heavy (non-hydrogen) atoms. The average Bonchev–Trinajstić information content (AvgIpc) is 3.02. The molecule has 4 nitrogen and oxygen atoms in total. The van der Waals surface area contributed by atoms with E-state index in [0.29, 0.717) is 5.75 Å². The molecule has 2 aromatic rings. The quantitative estimate of drug-likeness (QED) is 0.833. The molecule has 0 saturated heterocycles. The number of nitrogens with zero attached hydrogens (tertiary/aromatic N) is 1. The number of hydrogen-bond acceptors (Lipinski definition) is 4. The average molecular weight is 316 g/mol. The Labute approximate surface area is 134 Å². The molecule has 0 spiro atoms. The minimum atomic E-state index is -0.399. The molecule has 1 aliphatic rings. The first-order chi connectivity index (χ1) is 10.7. The van der Waals surface area contributed by atoms with Gasteiger partial charge in [-0.3, -0.25) is 4.79 Å². The lowest BCUT2D eigenvalue weighted by Gasteiger charge is -2.27. The highest BCUT2D eigenvalue weighted by Gasteiger charge is 2.34. The lowest BCUT2D eigenvalue weighted by Crippen LogP contribution is -2.49. The number of aliphatic hydroxyl groups excluding tert-OH is 1. The van der Waals surface area contributed by atoms with Crippen LogP contribution in [0.1, 0.15) is 25.7 Å². The second kappa shape index (κ2) is 6.67. The summed E-state index contributed by atoms with van der Waals surface area (Å²) in [5.41, 5.74) is -0.399. The van der Waals surface area contributed by atoms with E-state index in [9.17, 15) is 9.90 Å². The minimum Gasteiger partial charge on any atom is -0.394 e. The van der Waals surface area contributed by atoms with Gasteiger partial charge in [0.15, 0.2) is 0 Å². The van der Waals surface area contributed by atoms with Crippen molar-refractivity contribution in [3.8, 4) is 0 Å². The lowest BCUT2D eigenvalue weighted by molar-refractivity contribution is -0.121. The summed E-state index contributed by atoms with van der Waals surface area (Å²) in [6.07, 6.45) is 5.64. The Kier molecular flexibility index (Phi) is 4.64. The van der Waals surface area contributed by atoms with Crippen molar-refractivity contribution < 1.29 is 9.90 Å². The van der Waals surface area contributed by atoms with Crippen LogP contribution in [0.3, 0.4) is 0 Å². The monoisotopic (exact) mass is 316 g/mol. The van der Waals surface area contributed by atoms with Crippen LogP contribution in [0.5, 0.6) is 0 Å². The van der Waals surface area contributed by atoms with E-state index in [1.165, 1.54) is 11.8 Å². The van der Waals surface area contributed by atoms with E-state index in [4.69, 9.17) is 0 Å². The summed E-state index contributed by atoms with van der Waals surface area (Å²) in [5.74, 6) is 0.290. The van der Waals surface area contributed by atoms with Crippen LogP contribution >= 0.6 is 11.8 Å². The molecule has 116 valence electrons. The minimum absolute atomic E-state index is 0.0237. The smallest absolute Gasteiger partial charge is 0.230 e. The van der Waals surface area contributed by atoms with E-state index < -0.39 is 5.54 Å². The SMILES string of the molecule is O=C(CSc1nccc2ccccc12)NC1(CO)CCCC1. The van der Waals surface area contributed by atoms with Crippen LogP contribution < -0.4 is 5.32 Å². The number of benzene rings is 1. The lowest BCUT2D eigenvalue weighted by atomic mass is 9.99. The largest absolute Gasteiger partial charge is 0.394 e. The summed E-state index contributed by atoms with van der Waals surface area (Å²) in [6, 6.07) is 10.0. The number of aromatic nitrogens is 1. The number of carbonyl (C=O) groups excluding carboxylic acids is 1. The molecule has 1 fully saturated rings. The molecule has 1 amide bonds. The highest BCUT2D eigenvalue weighted by molar-refractivity contribution is 8.00. The molecular weight excluding hydrogens is 296 g/mol. The molecule has 1 aromatic heterocycles. The van der Waals surface area contributed by atoms with E-state index in [-0.39, 0.29) is 12.5 Å². The van der Waals surface area contributed by atoms with Gasteiger partial charge < -0.3 is 10.4 Å². The van der Waals surface area contributed by atoms with Crippen molar-refractivity contribution in [2.75, 3.05) is 12.4 Å². The Bertz CT molecular complexity index is 663. The molecule has 3 rings (SSSR count). The number of aliphatic hydroxyl groups is 1. The highest BCUT2D eigenvalue weighted by Crippen LogP contribution is 2.30. The number of fused-ring (bicyclic) bond motifs is 1. The zero-order valence-electron chi connectivity index (χ0n) is 12.4. The van der Waals surface area contributed by atoms with E-state index in [1.54, 1.807) is 6.20 Å². The summed E-state index contributed by atoms with van der Waals surface area (Å²) in [7, 11) is 0. The van der Waals surface area contributed by atoms with Crippen LogP contribution in [-0.2, 0) is 4.79 Å². The fraction of sp³-hybridized carbons (Fsp3) is 0.412. The summed E-state index contributed by atoms with van der Waals surface area (Å²) in [4.78, 5) is 16.6. The van der Waals surface area contributed by atoms with E-state index in [0.717, 1.165) is 41.5 Å². The van der Waals surface area contributed by atoms with Gasteiger partial charge in [0.2, 0.25) is 5.91 Å². The number of hydrogen-bond donors (Lipinski definition) is 2. The van der Waals surface area contributed by atoms with Crippen LogP contribution in [0.15, 0.2) is 41.6 Å². The van der Waals surface area contributed by atoms with Crippen molar-refractivity contribution in [1.82, 2.24) is 10.3 Å². The van der Waals surface area contributed by atoms with Gasteiger partial charge in [-0.2, -0.15) is 0 Å². The van der Waals surface area contributed by atoms with Crippen LogP contribution in [0.25, 0.3) is 10.8 Å². The Morgan fingerprint density at radius 3 is 2.82 bits per heavy atom. The molecule has 5 heteroatoms. The third kappa shape index (κ3) is 3.25. The van der Waals surface area contributed by atoms with E-state index >= 15 is 0 Å². The van der Waals surface area contributed by atoms with Crippen molar-refractivity contribution in [2.24, 2.45) is 0 Å². The maximum absolute atomic E-state index is 12.2. The van der Waals surface area contributed by atoms with Gasteiger partial charge in [-0.15, -0.1) is 0 Å². The third-order valence-electron chi connectivity index (χ3n) is 4.24. The zero-order chi connectivity index (χ0) is 15.4. The summed E-state index contributed by atoms with van der Waals surface area (Å²) in [5, 5.41) is 15.7. The Morgan fingerprint density at radius 2 is 2.05 bits per heavy atom. The predicted molar refractivity (Wildman–Crippen MR) is 88.9 cm³/mol. The van der Waals surface area contributed by atoms with Gasteiger partial charge in [-0.05, 0) is 24.3 Å². The van der Waals surface area contributed by atoms with Crippen molar-refractivity contribution in [3.63, 3.8) is 0 Å². The molecule has 1 aromatic carbocycles. The van der Waals surface area contributed by atoms with Crippen LogP contribution in [0, 0.1) is 0 Å². The Balaban J connectivity index is 1.65. The fourth-order valence-corrected chi connectivity index (χ4v) is 3.86. The molecule has 2 N–H and O–H groups in total. The second-order valence-corrected chi connectivity index (χ2v) is 6.78. The molecule has 0 radical (unpaired) electrons. The number of amides is 1. The molecule has 0 aliphatic heterocycles. The summed E-state index contributed by atoms with van der Waals surface area (Å²) >= 11 is 1.45. The summed E-state index contributed by atoms with van der Waals surface area (Å²) in [6.45, 7) is 0.0237. The van der Waals surface area contributed by atoms with E-state index in [2.05, 4.69) is 10.3 Å². The number of pyridine rings is 1. The number of carbonyl (C=O) groups is 1. The van der Waals surface area contributed by atoms with Gasteiger partial charge in [-0.25, -0.2) is 4.98 Å².